The highest BCUT2D eigenvalue weighted by molar-refractivity contribution is 5.97. The third-order valence-corrected chi connectivity index (χ3v) is 5.51. The first-order chi connectivity index (χ1) is 16.4. The monoisotopic (exact) mass is 463 g/mol. The molecule has 1 aliphatic rings. The maximum absolute atomic E-state index is 12.3. The number of benzene rings is 2. The van der Waals surface area contributed by atoms with Crippen molar-refractivity contribution in [2.24, 2.45) is 5.73 Å². The Morgan fingerprint density at radius 3 is 2.26 bits per heavy atom. The lowest BCUT2D eigenvalue weighted by Crippen LogP contribution is -2.50. The number of nitrogens with two attached hydrogens (primary N) is 1. The van der Waals surface area contributed by atoms with Gasteiger partial charge < -0.3 is 16.4 Å². The topological polar surface area (TPSA) is 137 Å². The van der Waals surface area contributed by atoms with Crippen LogP contribution in [0.15, 0.2) is 48.5 Å². The van der Waals surface area contributed by atoms with E-state index in [1.807, 2.05) is 12.1 Å². The molecule has 2 aromatic carbocycles. The van der Waals surface area contributed by atoms with Crippen LogP contribution in [0, 0.1) is 11.8 Å². The molecule has 3 amide bonds. The van der Waals surface area contributed by atoms with Gasteiger partial charge in [-0.3, -0.25) is 24.5 Å². The van der Waals surface area contributed by atoms with Gasteiger partial charge in [-0.15, -0.1) is 0 Å². The zero-order chi connectivity index (χ0) is 24.5. The van der Waals surface area contributed by atoms with Crippen molar-refractivity contribution in [2.45, 2.75) is 32.0 Å². The average molecular weight is 464 g/mol. The number of carbonyl (C=O) groups is 3. The van der Waals surface area contributed by atoms with Crippen LogP contribution in [0.3, 0.4) is 0 Å². The van der Waals surface area contributed by atoms with Gasteiger partial charge in [0.15, 0.2) is 0 Å². The number of rotatable bonds is 7. The summed E-state index contributed by atoms with van der Waals surface area (Å²) in [4.78, 5) is 37.2. The van der Waals surface area contributed by atoms with Crippen LogP contribution in [0.2, 0.25) is 0 Å². The van der Waals surface area contributed by atoms with Crippen LogP contribution in [-0.2, 0) is 16.1 Å². The first kappa shape index (κ1) is 24.9. The molecule has 0 spiro atoms. The Bertz CT molecular complexity index is 1070. The summed E-state index contributed by atoms with van der Waals surface area (Å²) in [5.74, 6) is 4.95. The fourth-order valence-corrected chi connectivity index (χ4v) is 3.73. The van der Waals surface area contributed by atoms with Crippen LogP contribution in [0.25, 0.3) is 0 Å². The molecule has 0 bridgehead atoms. The molecular formula is C25H29N5O4. The minimum Gasteiger partial charge on any atom is -0.352 e. The van der Waals surface area contributed by atoms with E-state index in [1.165, 1.54) is 11.0 Å². The van der Waals surface area contributed by atoms with E-state index in [4.69, 9.17) is 10.9 Å². The summed E-state index contributed by atoms with van der Waals surface area (Å²) in [6, 6.07) is 13.9. The fraction of sp³-hybridized carbons (Fsp3) is 0.320. The van der Waals surface area contributed by atoms with E-state index >= 15 is 0 Å². The molecule has 0 unspecified atom stereocenters. The summed E-state index contributed by atoms with van der Waals surface area (Å²) in [5.41, 5.74) is 10.1. The SMILES string of the molecule is CC(=O)N[C@@H]1CCN(Cc2ccc(C#Cc3ccc(C(=O)N[C@@H](CN)C(=O)NO)cc3)cc2)C1. The molecule has 1 fully saturated rings. The number of carbonyl (C=O) groups excluding carboxylic acids is 3. The molecule has 1 aliphatic heterocycles. The van der Waals surface area contributed by atoms with Crippen LogP contribution in [0.4, 0.5) is 0 Å². The maximum atomic E-state index is 12.3. The zero-order valence-electron chi connectivity index (χ0n) is 19.0. The first-order valence-electron chi connectivity index (χ1n) is 11.0. The van der Waals surface area contributed by atoms with E-state index in [9.17, 15) is 14.4 Å². The van der Waals surface area contributed by atoms with Gasteiger partial charge in [0.05, 0.1) is 0 Å². The molecule has 0 aliphatic carbocycles. The van der Waals surface area contributed by atoms with Crippen molar-refractivity contribution in [3.05, 3.63) is 70.8 Å². The van der Waals surface area contributed by atoms with Crippen molar-refractivity contribution in [1.29, 1.82) is 0 Å². The quantitative estimate of drug-likeness (QED) is 0.228. The van der Waals surface area contributed by atoms with Crippen LogP contribution < -0.4 is 21.8 Å². The highest BCUT2D eigenvalue weighted by Crippen LogP contribution is 2.14. The van der Waals surface area contributed by atoms with Gasteiger partial charge in [0.1, 0.15) is 6.04 Å². The molecule has 178 valence electrons. The number of likely N-dealkylation sites (tertiary alicyclic amines) is 1. The second-order valence-corrected chi connectivity index (χ2v) is 8.18. The Kier molecular flexibility index (Phi) is 8.76. The normalized spacial score (nSPS) is 16.1. The van der Waals surface area contributed by atoms with E-state index in [1.54, 1.807) is 31.2 Å². The predicted molar refractivity (Wildman–Crippen MR) is 127 cm³/mol. The van der Waals surface area contributed by atoms with Gasteiger partial charge in [0.25, 0.3) is 11.8 Å². The van der Waals surface area contributed by atoms with E-state index < -0.39 is 17.9 Å². The van der Waals surface area contributed by atoms with Crippen molar-refractivity contribution < 1.29 is 19.6 Å². The molecule has 0 saturated carbocycles. The summed E-state index contributed by atoms with van der Waals surface area (Å²) >= 11 is 0. The molecule has 2 aromatic rings. The summed E-state index contributed by atoms with van der Waals surface area (Å²) < 4.78 is 0. The molecule has 9 nitrogen and oxygen atoms in total. The van der Waals surface area contributed by atoms with Crippen LogP contribution >= 0.6 is 0 Å². The van der Waals surface area contributed by atoms with Gasteiger partial charge in [-0.25, -0.2) is 5.48 Å². The lowest BCUT2D eigenvalue weighted by Gasteiger charge is -2.16. The summed E-state index contributed by atoms with van der Waals surface area (Å²) in [6.45, 7) is 4.06. The summed E-state index contributed by atoms with van der Waals surface area (Å²) in [7, 11) is 0. The molecule has 9 heteroatoms. The van der Waals surface area contributed by atoms with Crippen LogP contribution in [-0.4, -0.2) is 59.5 Å². The second-order valence-electron chi connectivity index (χ2n) is 8.18. The Balaban J connectivity index is 1.54. The second kappa shape index (κ2) is 12.0. The van der Waals surface area contributed by atoms with Gasteiger partial charge in [-0.1, -0.05) is 24.0 Å². The lowest BCUT2D eigenvalue weighted by atomic mass is 10.1. The number of nitrogens with one attached hydrogen (secondary N) is 3. The highest BCUT2D eigenvalue weighted by Gasteiger charge is 2.22. The van der Waals surface area contributed by atoms with E-state index in [0.717, 1.165) is 37.2 Å². The Labute approximate surface area is 198 Å². The van der Waals surface area contributed by atoms with Crippen molar-refractivity contribution in [3.8, 4) is 11.8 Å². The number of hydroxylamine groups is 1. The zero-order valence-corrected chi connectivity index (χ0v) is 19.0. The molecule has 2 atom stereocenters. The van der Waals surface area contributed by atoms with Crippen molar-refractivity contribution in [1.82, 2.24) is 21.0 Å². The third-order valence-electron chi connectivity index (χ3n) is 5.51. The van der Waals surface area contributed by atoms with Crippen LogP contribution in [0.5, 0.6) is 0 Å². The first-order valence-corrected chi connectivity index (χ1v) is 11.0. The maximum Gasteiger partial charge on any atom is 0.267 e. The standard InChI is InChI=1S/C25H29N5O4/c1-17(31)27-22-12-13-30(16-22)15-20-6-4-18(5-7-20)2-3-19-8-10-21(11-9-19)24(32)28-23(14-26)25(33)29-34/h4-11,22-23,34H,12-16,26H2,1H3,(H,27,31)(H,28,32)(H,29,33)/t22-,23+/m1/s1. The molecule has 1 heterocycles. The Morgan fingerprint density at radius 2 is 1.71 bits per heavy atom. The Hall–Kier alpha value is -3.71. The fourth-order valence-electron chi connectivity index (χ4n) is 3.73. The van der Waals surface area contributed by atoms with Gasteiger partial charge in [0, 0.05) is 55.8 Å². The minimum atomic E-state index is -1.02. The smallest absolute Gasteiger partial charge is 0.267 e. The number of nitrogens with zero attached hydrogens (tertiary/aromatic N) is 1. The molecule has 1 saturated heterocycles. The van der Waals surface area contributed by atoms with Crippen molar-refractivity contribution in [2.75, 3.05) is 19.6 Å². The summed E-state index contributed by atoms with van der Waals surface area (Å²) in [5, 5.41) is 14.1. The molecule has 0 aromatic heterocycles. The van der Waals surface area contributed by atoms with Gasteiger partial charge in [-0.05, 0) is 48.4 Å². The lowest BCUT2D eigenvalue weighted by molar-refractivity contribution is -0.130. The van der Waals surface area contributed by atoms with E-state index in [-0.39, 0.29) is 18.5 Å². The molecular weight excluding hydrogens is 434 g/mol. The Morgan fingerprint density at radius 1 is 1.09 bits per heavy atom. The van der Waals surface area contributed by atoms with E-state index in [0.29, 0.717) is 5.56 Å². The van der Waals surface area contributed by atoms with Crippen molar-refractivity contribution >= 4 is 17.7 Å². The van der Waals surface area contributed by atoms with Crippen molar-refractivity contribution in [3.63, 3.8) is 0 Å². The van der Waals surface area contributed by atoms with Gasteiger partial charge in [0.2, 0.25) is 5.91 Å². The largest absolute Gasteiger partial charge is 0.352 e. The average Bonchev–Trinajstić information content (AvgIpc) is 3.27. The molecule has 34 heavy (non-hydrogen) atoms. The molecule has 3 rings (SSSR count). The third kappa shape index (κ3) is 7.15. The predicted octanol–water partition coefficient (Wildman–Crippen LogP) is 0.359. The highest BCUT2D eigenvalue weighted by atomic mass is 16.5. The molecule has 0 radical (unpaired) electrons. The van der Waals surface area contributed by atoms with E-state index in [2.05, 4.69) is 39.5 Å². The number of hydrogen-bond acceptors (Lipinski definition) is 6. The molecule has 6 N–H and O–H groups in total. The minimum absolute atomic E-state index is 0.0139. The van der Waals surface area contributed by atoms with Gasteiger partial charge >= 0.3 is 0 Å². The number of amides is 3. The summed E-state index contributed by atoms with van der Waals surface area (Å²) in [6.07, 6.45) is 0.967. The number of hydrogen-bond donors (Lipinski definition) is 5. The van der Waals surface area contributed by atoms with Crippen LogP contribution in [0.1, 0.15) is 40.4 Å². The van der Waals surface area contributed by atoms with Gasteiger partial charge in [-0.2, -0.15) is 0 Å².